The summed E-state index contributed by atoms with van der Waals surface area (Å²) in [7, 11) is -3.77. The number of hydrogen-bond acceptors (Lipinski definition) is 6. The van der Waals surface area contributed by atoms with E-state index < -0.39 is 32.1 Å². The molecule has 4 aliphatic rings. The van der Waals surface area contributed by atoms with Crippen LogP contribution < -0.4 is 15.6 Å². The van der Waals surface area contributed by atoms with E-state index in [4.69, 9.17) is 23.2 Å². The van der Waals surface area contributed by atoms with Crippen LogP contribution >= 0.6 is 23.2 Å². The van der Waals surface area contributed by atoms with Gasteiger partial charge in [0.2, 0.25) is 15.9 Å². The number of carbonyl (C=O) groups is 2. The number of nitrogens with zero attached hydrogens (tertiary/aromatic N) is 3. The molecule has 43 heavy (non-hydrogen) atoms. The number of alkyl halides is 2. The Bertz CT molecular complexity index is 1230. The molecule has 1 saturated carbocycles. The Morgan fingerprint density at radius 2 is 1.49 bits per heavy atom. The van der Waals surface area contributed by atoms with Crippen molar-refractivity contribution in [3.05, 3.63) is 18.2 Å². The summed E-state index contributed by atoms with van der Waals surface area (Å²) in [5.41, 5.74) is 4.14. The van der Waals surface area contributed by atoms with Crippen LogP contribution in [0.5, 0.6) is 0 Å². The lowest BCUT2D eigenvalue weighted by atomic mass is 9.81. The minimum Gasteiger partial charge on any atom is -0.370 e. The standard InChI is InChI=1S/C31H47Cl2N5O4S/c32-29-30(40)38(34-23-31(29,33)24-13-7-1-2-8-14-24)22-28(39)35-25-15-16-26(36-17-9-3-4-10-18-36)27(21-25)43(41,42)37-19-11-5-6-12-20-37/h15-16,21,24,29,34H,1-14,17-20,22-23H2,(H,35,39). The van der Waals surface area contributed by atoms with Crippen molar-refractivity contribution in [3.8, 4) is 0 Å². The van der Waals surface area contributed by atoms with Gasteiger partial charge in [-0.15, -0.1) is 23.2 Å². The van der Waals surface area contributed by atoms with Crippen LogP contribution in [0.15, 0.2) is 23.1 Å². The van der Waals surface area contributed by atoms with Crippen LogP contribution in [0.4, 0.5) is 11.4 Å². The molecular formula is C31H47Cl2N5O4S. The smallest absolute Gasteiger partial charge is 0.257 e. The van der Waals surface area contributed by atoms with E-state index in [2.05, 4.69) is 15.6 Å². The zero-order valence-electron chi connectivity index (χ0n) is 25.2. The summed E-state index contributed by atoms with van der Waals surface area (Å²) in [6, 6.07) is 5.16. The monoisotopic (exact) mass is 655 g/mol. The maximum atomic E-state index is 14.0. The number of hydrazine groups is 1. The second-order valence-electron chi connectivity index (χ2n) is 12.7. The second kappa shape index (κ2) is 14.7. The van der Waals surface area contributed by atoms with Crippen LogP contribution in [0.25, 0.3) is 0 Å². The molecule has 240 valence electrons. The van der Waals surface area contributed by atoms with Crippen molar-refractivity contribution in [3.63, 3.8) is 0 Å². The lowest BCUT2D eigenvalue weighted by Gasteiger charge is -2.45. The van der Waals surface area contributed by atoms with E-state index in [0.717, 1.165) is 90.1 Å². The molecule has 1 aromatic carbocycles. The van der Waals surface area contributed by atoms with Crippen molar-refractivity contribution < 1.29 is 18.0 Å². The molecule has 2 unspecified atom stereocenters. The first-order chi connectivity index (χ1) is 20.7. The topological polar surface area (TPSA) is 102 Å². The largest absolute Gasteiger partial charge is 0.370 e. The Kier molecular flexibility index (Phi) is 11.2. The predicted molar refractivity (Wildman–Crippen MR) is 172 cm³/mol. The first kappa shape index (κ1) is 32.8. The van der Waals surface area contributed by atoms with Crippen LogP contribution in [0, 0.1) is 5.92 Å². The molecule has 2 amide bonds. The lowest BCUT2D eigenvalue weighted by molar-refractivity contribution is -0.141. The van der Waals surface area contributed by atoms with E-state index in [1.165, 1.54) is 17.9 Å². The average Bonchev–Trinajstić information content (AvgIpc) is 3.55. The summed E-state index contributed by atoms with van der Waals surface area (Å²) in [6.45, 7) is 2.66. The molecule has 2 N–H and O–H groups in total. The first-order valence-electron chi connectivity index (χ1n) is 16.3. The van der Waals surface area contributed by atoms with Crippen molar-refractivity contribution >= 4 is 56.4 Å². The lowest BCUT2D eigenvalue weighted by Crippen LogP contribution is -2.66. The van der Waals surface area contributed by atoms with Gasteiger partial charge in [0, 0.05) is 38.4 Å². The summed E-state index contributed by atoms with van der Waals surface area (Å²) in [6.07, 6.45) is 14.4. The molecule has 4 fully saturated rings. The van der Waals surface area contributed by atoms with Gasteiger partial charge in [-0.25, -0.2) is 13.8 Å². The summed E-state index contributed by atoms with van der Waals surface area (Å²) in [5, 5.41) is 3.14. The molecule has 5 rings (SSSR count). The fourth-order valence-corrected chi connectivity index (χ4v) is 9.61. The zero-order chi connectivity index (χ0) is 30.5. The van der Waals surface area contributed by atoms with E-state index in [0.29, 0.717) is 31.0 Å². The number of carbonyl (C=O) groups excluding carboxylic acids is 2. The van der Waals surface area contributed by atoms with E-state index in [-0.39, 0.29) is 17.4 Å². The van der Waals surface area contributed by atoms with E-state index in [1.807, 2.05) is 6.07 Å². The van der Waals surface area contributed by atoms with Crippen LogP contribution in [0.3, 0.4) is 0 Å². The van der Waals surface area contributed by atoms with Gasteiger partial charge in [-0.1, -0.05) is 51.4 Å². The number of amides is 2. The Morgan fingerprint density at radius 3 is 2.12 bits per heavy atom. The zero-order valence-corrected chi connectivity index (χ0v) is 27.5. The van der Waals surface area contributed by atoms with Gasteiger partial charge in [0.15, 0.2) is 0 Å². The molecule has 0 spiro atoms. The van der Waals surface area contributed by atoms with Gasteiger partial charge in [-0.05, 0) is 62.6 Å². The molecule has 0 aromatic heterocycles. The highest BCUT2D eigenvalue weighted by atomic mass is 35.5. The summed E-state index contributed by atoms with van der Waals surface area (Å²) < 4.78 is 29.7. The maximum absolute atomic E-state index is 14.0. The minimum absolute atomic E-state index is 0.138. The molecule has 3 heterocycles. The summed E-state index contributed by atoms with van der Waals surface area (Å²) in [5.74, 6) is -0.718. The molecule has 9 nitrogen and oxygen atoms in total. The van der Waals surface area contributed by atoms with Gasteiger partial charge in [0.25, 0.3) is 5.91 Å². The fourth-order valence-electron chi connectivity index (χ4n) is 7.11. The van der Waals surface area contributed by atoms with Gasteiger partial charge >= 0.3 is 0 Å². The molecule has 3 saturated heterocycles. The molecule has 0 bridgehead atoms. The van der Waals surface area contributed by atoms with Gasteiger partial charge in [0.05, 0.1) is 10.6 Å². The number of benzene rings is 1. The Hall–Kier alpha value is -1.59. The second-order valence-corrected chi connectivity index (χ2v) is 15.7. The normalized spacial score (nSPS) is 27.3. The number of halogens is 2. The van der Waals surface area contributed by atoms with Gasteiger partial charge in [-0.2, -0.15) is 4.31 Å². The highest BCUT2D eigenvalue weighted by molar-refractivity contribution is 7.89. The highest BCUT2D eigenvalue weighted by Gasteiger charge is 2.51. The Labute approximate surface area is 267 Å². The molecule has 2 atom stereocenters. The Morgan fingerprint density at radius 1 is 0.907 bits per heavy atom. The van der Waals surface area contributed by atoms with Crippen LogP contribution in [-0.4, -0.2) is 79.1 Å². The average molecular weight is 657 g/mol. The molecule has 1 aromatic rings. The summed E-state index contributed by atoms with van der Waals surface area (Å²) >= 11 is 13.7. The van der Waals surface area contributed by atoms with Crippen molar-refractivity contribution in [1.29, 1.82) is 0 Å². The number of hydrogen-bond donors (Lipinski definition) is 2. The molecule has 12 heteroatoms. The van der Waals surface area contributed by atoms with Crippen molar-refractivity contribution in [2.24, 2.45) is 5.92 Å². The fraction of sp³-hybridized carbons (Fsp3) is 0.742. The third-order valence-corrected chi connectivity index (χ3v) is 12.9. The quantitative estimate of drug-likeness (QED) is 0.298. The SMILES string of the molecule is O=C(CN1NCC(Cl)(C2CCCCCC2)C(Cl)C1=O)Nc1ccc(N2CCCCCC2)c(S(=O)(=O)N2CCCCCC2)c1. The van der Waals surface area contributed by atoms with Crippen molar-refractivity contribution in [2.75, 3.05) is 49.5 Å². The minimum atomic E-state index is -3.77. The number of sulfonamides is 1. The first-order valence-corrected chi connectivity index (χ1v) is 18.5. The number of nitrogens with one attached hydrogen (secondary N) is 2. The molecule has 0 radical (unpaired) electrons. The van der Waals surface area contributed by atoms with Crippen LogP contribution in [-0.2, 0) is 19.6 Å². The summed E-state index contributed by atoms with van der Waals surface area (Å²) in [4.78, 5) is 28.0. The van der Waals surface area contributed by atoms with Crippen molar-refractivity contribution in [1.82, 2.24) is 14.7 Å². The molecule has 1 aliphatic carbocycles. The van der Waals surface area contributed by atoms with Crippen LogP contribution in [0.1, 0.15) is 89.9 Å². The molecule has 3 aliphatic heterocycles. The number of anilines is 2. The van der Waals surface area contributed by atoms with E-state index in [1.54, 1.807) is 16.4 Å². The number of rotatable bonds is 7. The maximum Gasteiger partial charge on any atom is 0.257 e. The molecular weight excluding hydrogens is 609 g/mol. The highest BCUT2D eigenvalue weighted by Crippen LogP contribution is 2.42. The Balaban J connectivity index is 1.31. The van der Waals surface area contributed by atoms with E-state index >= 15 is 0 Å². The van der Waals surface area contributed by atoms with Gasteiger partial charge < -0.3 is 10.2 Å². The predicted octanol–water partition coefficient (Wildman–Crippen LogP) is 5.47. The van der Waals surface area contributed by atoms with E-state index in [9.17, 15) is 18.0 Å². The van der Waals surface area contributed by atoms with Crippen LogP contribution in [0.2, 0.25) is 0 Å². The third-order valence-electron chi connectivity index (χ3n) is 9.65. The third kappa shape index (κ3) is 7.63. The van der Waals surface area contributed by atoms with Gasteiger partial charge in [0.1, 0.15) is 16.8 Å². The van der Waals surface area contributed by atoms with Crippen molar-refractivity contribution in [2.45, 2.75) is 105 Å². The van der Waals surface area contributed by atoms with Gasteiger partial charge in [-0.3, -0.25) is 14.6 Å².